The highest BCUT2D eigenvalue weighted by Gasteiger charge is 2.14. The number of esters is 2. The first-order valence-electron chi connectivity index (χ1n) is 4.54. The molecule has 106 valence electrons. The van der Waals surface area contributed by atoms with Gasteiger partial charge in [0.25, 0.3) is 0 Å². The maximum atomic E-state index is 11.3. The lowest BCUT2D eigenvalue weighted by Gasteiger charge is -2.04. The van der Waals surface area contributed by atoms with Gasteiger partial charge in [0.05, 0.1) is 25.3 Å². The lowest BCUT2D eigenvalue weighted by Crippen LogP contribution is -2.06. The van der Waals surface area contributed by atoms with Crippen molar-refractivity contribution in [1.29, 1.82) is 0 Å². The van der Waals surface area contributed by atoms with E-state index in [9.17, 15) is 9.59 Å². The predicted octanol–water partition coefficient (Wildman–Crippen LogP) is 3.07. The van der Waals surface area contributed by atoms with Crippen molar-refractivity contribution in [2.24, 2.45) is 0 Å². The van der Waals surface area contributed by atoms with Gasteiger partial charge in [0.1, 0.15) is 0 Å². The van der Waals surface area contributed by atoms with E-state index in [1.54, 1.807) is 12.1 Å². The number of halogens is 3. The topological polar surface area (TPSA) is 69.7 Å². The third-order valence-electron chi connectivity index (χ3n) is 1.79. The normalized spacial score (nSPS) is 9.37. The van der Waals surface area contributed by atoms with Gasteiger partial charge in [-0.25, -0.2) is 13.8 Å². The summed E-state index contributed by atoms with van der Waals surface area (Å²) in [5, 5.41) is 0. The molecule has 0 fully saturated rings. The molecule has 0 bridgehead atoms. The van der Waals surface area contributed by atoms with Crippen LogP contribution in [0.4, 0.5) is 0 Å². The number of hydrogen-bond donors (Lipinski definition) is 0. The molecule has 19 heavy (non-hydrogen) atoms. The average Bonchev–Trinajstić information content (AvgIpc) is 2.36. The van der Waals surface area contributed by atoms with Crippen molar-refractivity contribution < 1.29 is 23.3 Å². The monoisotopic (exact) mass is 390 g/mol. The summed E-state index contributed by atoms with van der Waals surface area (Å²) < 4.78 is 18.8. The van der Waals surface area contributed by atoms with Crippen LogP contribution in [-0.2, 0) is 18.7 Å². The van der Waals surface area contributed by atoms with Crippen LogP contribution >= 0.6 is 37.3 Å². The fourth-order valence-corrected chi connectivity index (χ4v) is 1.44. The van der Waals surface area contributed by atoms with E-state index in [0.717, 1.165) is 0 Å². The van der Waals surface area contributed by atoms with Crippen LogP contribution in [0.2, 0.25) is 0 Å². The first-order chi connectivity index (χ1) is 8.83. The maximum Gasteiger partial charge on any atom is 0.339 e. The fourth-order valence-electron chi connectivity index (χ4n) is 1.04. The summed E-state index contributed by atoms with van der Waals surface area (Å²) in [7, 11) is 9.92. The summed E-state index contributed by atoms with van der Waals surface area (Å²) in [6, 6.07) is 4.57. The van der Waals surface area contributed by atoms with Crippen LogP contribution in [0.3, 0.4) is 0 Å². The number of rotatable bonds is 2. The summed E-state index contributed by atoms with van der Waals surface area (Å²) in [5.41, 5.74) is 0.599. The Balaban J connectivity index is 0.000000711. The Kier molecular flexibility index (Phi) is 8.99. The van der Waals surface area contributed by atoms with Crippen molar-refractivity contribution in [2.75, 3.05) is 14.2 Å². The molecule has 0 aromatic heterocycles. The van der Waals surface area contributed by atoms with Crippen LogP contribution in [-0.4, -0.2) is 30.4 Å². The first kappa shape index (κ1) is 18.4. The molecule has 0 saturated heterocycles. The zero-order valence-corrected chi connectivity index (χ0v) is 13.7. The largest absolute Gasteiger partial charge is 0.465 e. The van der Waals surface area contributed by atoms with Gasteiger partial charge in [0.15, 0.2) is 0 Å². The molecule has 0 radical (unpaired) electrons. The van der Waals surface area contributed by atoms with Gasteiger partial charge < -0.3 is 9.47 Å². The summed E-state index contributed by atoms with van der Waals surface area (Å²) in [6.07, 6.45) is 0. The molecular formula is C10H9BrCl2O5S. The highest BCUT2D eigenvalue weighted by atomic mass is 79.9. The van der Waals surface area contributed by atoms with E-state index < -0.39 is 21.2 Å². The zero-order valence-electron chi connectivity index (χ0n) is 9.82. The SMILES string of the molecule is COC(=O)c1ccc(Br)c(C(=O)OC)c1.O=S(Cl)Cl. The van der Waals surface area contributed by atoms with Crippen LogP contribution in [0.1, 0.15) is 20.7 Å². The Hall–Kier alpha value is -0.630. The molecular weight excluding hydrogens is 383 g/mol. The van der Waals surface area contributed by atoms with Crippen molar-refractivity contribution in [1.82, 2.24) is 0 Å². The molecule has 0 atom stereocenters. The molecule has 1 aromatic carbocycles. The van der Waals surface area contributed by atoms with Crippen molar-refractivity contribution in [2.45, 2.75) is 0 Å². The second kappa shape index (κ2) is 9.30. The minimum absolute atomic E-state index is 0.292. The Morgan fingerprint density at radius 3 is 2.05 bits per heavy atom. The quantitative estimate of drug-likeness (QED) is 0.572. The van der Waals surface area contributed by atoms with E-state index in [2.05, 4.69) is 46.8 Å². The Morgan fingerprint density at radius 2 is 1.63 bits per heavy atom. The molecule has 9 heteroatoms. The molecule has 1 aromatic rings. The van der Waals surface area contributed by atoms with Crippen molar-refractivity contribution in [3.63, 3.8) is 0 Å². The van der Waals surface area contributed by atoms with E-state index in [4.69, 9.17) is 4.21 Å². The van der Waals surface area contributed by atoms with E-state index in [0.29, 0.717) is 15.6 Å². The standard InChI is InChI=1S/C10H9BrO4.Cl2OS/c1-14-9(12)6-3-4-8(11)7(5-6)10(13)15-2;1-4(2)3/h3-5H,1-2H3;. The number of hydrogen-bond acceptors (Lipinski definition) is 5. The maximum absolute atomic E-state index is 11.3. The van der Waals surface area contributed by atoms with Crippen LogP contribution in [0.15, 0.2) is 22.7 Å². The Morgan fingerprint density at radius 1 is 1.16 bits per heavy atom. The van der Waals surface area contributed by atoms with Crippen LogP contribution in [0.25, 0.3) is 0 Å². The second-order valence-corrected chi connectivity index (χ2v) is 6.24. The molecule has 0 unspecified atom stereocenters. The molecule has 0 N–H and O–H groups in total. The molecule has 0 heterocycles. The number of carbonyl (C=O) groups is 2. The molecule has 1 rings (SSSR count). The molecule has 0 amide bonds. The van der Waals surface area contributed by atoms with E-state index >= 15 is 0 Å². The van der Waals surface area contributed by atoms with Crippen LogP contribution in [0.5, 0.6) is 0 Å². The van der Waals surface area contributed by atoms with Gasteiger partial charge in [-0.1, -0.05) is 0 Å². The number of benzene rings is 1. The average molecular weight is 392 g/mol. The summed E-state index contributed by atoms with van der Waals surface area (Å²) in [6.45, 7) is 0. The smallest absolute Gasteiger partial charge is 0.339 e. The van der Waals surface area contributed by atoms with Gasteiger partial charge in [0, 0.05) is 25.8 Å². The van der Waals surface area contributed by atoms with Gasteiger partial charge in [-0.3, -0.25) is 0 Å². The van der Waals surface area contributed by atoms with E-state index in [1.807, 2.05) is 0 Å². The second-order valence-electron chi connectivity index (χ2n) is 2.86. The molecule has 0 saturated carbocycles. The number of methoxy groups -OCH3 is 2. The van der Waals surface area contributed by atoms with Crippen molar-refractivity contribution >= 4 is 58.5 Å². The summed E-state index contributed by atoms with van der Waals surface area (Å²) in [5.74, 6) is -1.000. The van der Waals surface area contributed by atoms with E-state index in [1.165, 1.54) is 20.3 Å². The molecule has 0 aliphatic rings. The van der Waals surface area contributed by atoms with Gasteiger partial charge in [-0.2, -0.15) is 0 Å². The molecule has 5 nitrogen and oxygen atoms in total. The third-order valence-corrected chi connectivity index (χ3v) is 2.48. The highest BCUT2D eigenvalue weighted by Crippen LogP contribution is 2.19. The Bertz CT molecular complexity index is 491. The van der Waals surface area contributed by atoms with Crippen LogP contribution in [0, 0.1) is 0 Å². The minimum atomic E-state index is -1.67. The van der Waals surface area contributed by atoms with Crippen molar-refractivity contribution in [3.05, 3.63) is 33.8 Å². The minimum Gasteiger partial charge on any atom is -0.465 e. The highest BCUT2D eigenvalue weighted by molar-refractivity contribution is 9.10. The predicted molar refractivity (Wildman–Crippen MR) is 76.7 cm³/mol. The first-order valence-corrected chi connectivity index (χ1v) is 8.13. The number of carbonyl (C=O) groups excluding carboxylic acids is 2. The zero-order chi connectivity index (χ0) is 15.0. The van der Waals surface area contributed by atoms with Gasteiger partial charge in [-0.05, 0) is 34.1 Å². The lowest BCUT2D eigenvalue weighted by molar-refractivity contribution is 0.0598. The lowest BCUT2D eigenvalue weighted by atomic mass is 10.1. The summed E-state index contributed by atoms with van der Waals surface area (Å²) >= 11 is 3.19. The van der Waals surface area contributed by atoms with Crippen LogP contribution < -0.4 is 0 Å². The molecule has 0 aliphatic carbocycles. The molecule has 0 spiro atoms. The van der Waals surface area contributed by atoms with Gasteiger partial charge in [-0.15, -0.1) is 0 Å². The molecule has 0 aliphatic heterocycles. The number of ether oxygens (including phenoxy) is 2. The van der Waals surface area contributed by atoms with Gasteiger partial charge >= 0.3 is 11.9 Å². The fraction of sp³-hybridized carbons (Fsp3) is 0.200. The van der Waals surface area contributed by atoms with E-state index in [-0.39, 0.29) is 0 Å². The third kappa shape index (κ3) is 6.91. The Labute approximate surface area is 129 Å². The summed E-state index contributed by atoms with van der Waals surface area (Å²) in [4.78, 5) is 22.5. The van der Waals surface area contributed by atoms with Gasteiger partial charge in [0.2, 0.25) is 9.23 Å². The van der Waals surface area contributed by atoms with Crippen molar-refractivity contribution in [3.8, 4) is 0 Å².